The summed E-state index contributed by atoms with van der Waals surface area (Å²) in [6, 6.07) is 7.57. The second kappa shape index (κ2) is 8.12. The molecular weight excluding hydrogens is 459 g/mol. The van der Waals surface area contributed by atoms with Crippen LogP contribution in [0.5, 0.6) is 0 Å². The van der Waals surface area contributed by atoms with Gasteiger partial charge in [-0.25, -0.2) is 17.8 Å². The molecule has 7 nitrogen and oxygen atoms in total. The zero-order valence-electron chi connectivity index (χ0n) is 16.6. The van der Waals surface area contributed by atoms with Crippen LogP contribution in [0.1, 0.15) is 12.8 Å². The van der Waals surface area contributed by atoms with Crippen LogP contribution in [0.2, 0.25) is 0 Å². The van der Waals surface area contributed by atoms with Gasteiger partial charge in [0, 0.05) is 32.7 Å². The average molecular weight is 481 g/mol. The molecular formula is C20H21FN4O3S3. The molecule has 0 spiro atoms. The number of rotatable bonds is 4. The number of anilines is 1. The van der Waals surface area contributed by atoms with Crippen LogP contribution in [0.3, 0.4) is 0 Å². The highest BCUT2D eigenvalue weighted by Crippen LogP contribution is 2.32. The van der Waals surface area contributed by atoms with Crippen molar-refractivity contribution in [1.82, 2.24) is 14.2 Å². The standard InChI is InChI=1S/C20H21FN4O3S3/c21-14-4-1-6-16-18(14)22-20(30-16)24-11-9-23(10-12-24)19(26)15-5-2-8-25(15)31(27,28)17-7-3-13-29-17/h1,3-4,6-7,13,15H,2,5,8-12H2/t15-/m1/s1. The number of piperazine rings is 1. The number of nitrogens with zero attached hydrogens (tertiary/aromatic N) is 4. The monoisotopic (exact) mass is 480 g/mol. The predicted molar refractivity (Wildman–Crippen MR) is 120 cm³/mol. The molecule has 1 atom stereocenters. The third-order valence-corrected chi connectivity index (χ3v) is 10.1. The van der Waals surface area contributed by atoms with Gasteiger partial charge in [0.15, 0.2) is 5.13 Å². The van der Waals surface area contributed by atoms with Gasteiger partial charge in [-0.2, -0.15) is 4.31 Å². The second-order valence-corrected chi connectivity index (χ2v) is 11.7. The summed E-state index contributed by atoms with van der Waals surface area (Å²) in [5.74, 6) is -0.463. The molecule has 31 heavy (non-hydrogen) atoms. The van der Waals surface area contributed by atoms with E-state index in [1.807, 2.05) is 6.07 Å². The van der Waals surface area contributed by atoms with E-state index >= 15 is 0 Å². The van der Waals surface area contributed by atoms with Crippen LogP contribution >= 0.6 is 22.7 Å². The van der Waals surface area contributed by atoms with Crippen molar-refractivity contribution < 1.29 is 17.6 Å². The van der Waals surface area contributed by atoms with Gasteiger partial charge in [0.1, 0.15) is 21.6 Å². The van der Waals surface area contributed by atoms with Crippen LogP contribution in [0.25, 0.3) is 10.2 Å². The molecule has 164 valence electrons. The van der Waals surface area contributed by atoms with Gasteiger partial charge >= 0.3 is 0 Å². The molecule has 0 aliphatic carbocycles. The first kappa shape index (κ1) is 20.8. The number of carbonyl (C=O) groups excluding carboxylic acids is 1. The molecule has 1 amide bonds. The van der Waals surface area contributed by atoms with Crippen LogP contribution < -0.4 is 4.90 Å². The molecule has 2 fully saturated rings. The number of fused-ring (bicyclic) bond motifs is 1. The predicted octanol–water partition coefficient (Wildman–Crippen LogP) is 3.00. The molecule has 1 aromatic carbocycles. The highest BCUT2D eigenvalue weighted by atomic mass is 32.2. The third kappa shape index (κ3) is 3.73. The van der Waals surface area contributed by atoms with E-state index in [4.69, 9.17) is 0 Å². The minimum atomic E-state index is -3.65. The first-order chi connectivity index (χ1) is 14.9. The number of carbonyl (C=O) groups is 1. The fourth-order valence-electron chi connectivity index (χ4n) is 4.17. The molecule has 11 heteroatoms. The van der Waals surface area contributed by atoms with Crippen LogP contribution in [0.15, 0.2) is 39.9 Å². The Morgan fingerprint density at radius 2 is 1.90 bits per heavy atom. The summed E-state index contributed by atoms with van der Waals surface area (Å²) in [6.45, 7) is 2.50. The fourth-order valence-corrected chi connectivity index (χ4v) is 7.97. The molecule has 0 bridgehead atoms. The fraction of sp³-hybridized carbons (Fsp3) is 0.400. The molecule has 5 rings (SSSR count). The normalized spacial score (nSPS) is 20.6. The van der Waals surface area contributed by atoms with Gasteiger partial charge in [0.2, 0.25) is 5.91 Å². The summed E-state index contributed by atoms with van der Waals surface area (Å²) in [5.41, 5.74) is 0.376. The Morgan fingerprint density at radius 3 is 2.61 bits per heavy atom. The highest BCUT2D eigenvalue weighted by molar-refractivity contribution is 7.91. The number of thiazole rings is 1. The Labute approximate surface area is 187 Å². The van der Waals surface area contributed by atoms with E-state index in [2.05, 4.69) is 9.88 Å². The molecule has 2 aromatic heterocycles. The quantitative estimate of drug-likeness (QED) is 0.574. The first-order valence-electron chi connectivity index (χ1n) is 10.1. The smallest absolute Gasteiger partial charge is 0.253 e. The lowest BCUT2D eigenvalue weighted by molar-refractivity contribution is -0.134. The van der Waals surface area contributed by atoms with Gasteiger partial charge in [0.25, 0.3) is 10.0 Å². The average Bonchev–Trinajstić information content (AvgIpc) is 3.54. The lowest BCUT2D eigenvalue weighted by Gasteiger charge is -2.37. The van der Waals surface area contributed by atoms with E-state index in [0.717, 1.165) is 9.83 Å². The number of sulfonamides is 1. The summed E-state index contributed by atoms with van der Waals surface area (Å²) in [5, 5.41) is 2.47. The van der Waals surface area contributed by atoms with E-state index in [9.17, 15) is 17.6 Å². The van der Waals surface area contributed by atoms with Gasteiger partial charge in [-0.1, -0.05) is 23.5 Å². The number of amides is 1. The van der Waals surface area contributed by atoms with Gasteiger partial charge in [0.05, 0.1) is 4.70 Å². The molecule has 0 radical (unpaired) electrons. The lowest BCUT2D eigenvalue weighted by Crippen LogP contribution is -2.54. The van der Waals surface area contributed by atoms with Crippen molar-refractivity contribution in [3.8, 4) is 0 Å². The SMILES string of the molecule is O=C([C@H]1CCCN1S(=O)(=O)c1cccs1)N1CCN(c2nc3c(F)cccc3s2)CC1. The van der Waals surface area contributed by atoms with Crippen molar-refractivity contribution in [2.45, 2.75) is 23.1 Å². The zero-order chi connectivity index (χ0) is 21.6. The first-order valence-corrected chi connectivity index (χ1v) is 13.2. The van der Waals surface area contributed by atoms with Crippen molar-refractivity contribution in [3.63, 3.8) is 0 Å². The minimum Gasteiger partial charge on any atom is -0.345 e. The summed E-state index contributed by atoms with van der Waals surface area (Å²) in [6.07, 6.45) is 1.22. The van der Waals surface area contributed by atoms with Gasteiger partial charge in [-0.3, -0.25) is 4.79 Å². The van der Waals surface area contributed by atoms with Crippen molar-refractivity contribution in [1.29, 1.82) is 0 Å². The second-order valence-electron chi connectivity index (χ2n) is 7.60. The van der Waals surface area contributed by atoms with Crippen molar-refractivity contribution in [2.24, 2.45) is 0 Å². The lowest BCUT2D eigenvalue weighted by atomic mass is 10.2. The molecule has 3 aromatic rings. The van der Waals surface area contributed by atoms with Crippen molar-refractivity contribution >= 4 is 54.0 Å². The Balaban J connectivity index is 1.28. The number of hydrogen-bond acceptors (Lipinski definition) is 7. The van der Waals surface area contributed by atoms with E-state index in [0.29, 0.717) is 51.1 Å². The molecule has 0 N–H and O–H groups in total. The number of halogens is 1. The molecule has 2 aliphatic heterocycles. The van der Waals surface area contributed by atoms with Crippen LogP contribution in [0, 0.1) is 5.82 Å². The largest absolute Gasteiger partial charge is 0.345 e. The summed E-state index contributed by atoms with van der Waals surface area (Å²) < 4.78 is 42.3. The van der Waals surface area contributed by atoms with Crippen molar-refractivity contribution in [3.05, 3.63) is 41.5 Å². The van der Waals surface area contributed by atoms with Gasteiger partial charge in [-0.05, 0) is 36.4 Å². The number of benzene rings is 1. The molecule has 0 unspecified atom stereocenters. The van der Waals surface area contributed by atoms with E-state index in [1.54, 1.807) is 28.5 Å². The number of para-hydroxylation sites is 1. The maximum absolute atomic E-state index is 14.0. The number of thiophene rings is 1. The Kier molecular flexibility index (Phi) is 5.45. The van der Waals surface area contributed by atoms with E-state index < -0.39 is 16.1 Å². The minimum absolute atomic E-state index is 0.132. The maximum Gasteiger partial charge on any atom is 0.253 e. The van der Waals surface area contributed by atoms with E-state index in [-0.39, 0.29) is 15.9 Å². The molecule has 0 saturated carbocycles. The third-order valence-electron chi connectivity index (χ3n) is 5.77. The highest BCUT2D eigenvalue weighted by Gasteiger charge is 2.42. The Morgan fingerprint density at radius 1 is 1.10 bits per heavy atom. The summed E-state index contributed by atoms with van der Waals surface area (Å²) >= 11 is 2.61. The Bertz CT molecular complexity index is 1200. The number of aromatic nitrogens is 1. The maximum atomic E-state index is 14.0. The van der Waals surface area contributed by atoms with Crippen LogP contribution in [0.4, 0.5) is 9.52 Å². The summed E-state index contributed by atoms with van der Waals surface area (Å²) in [4.78, 5) is 21.4. The van der Waals surface area contributed by atoms with Gasteiger partial charge < -0.3 is 9.80 Å². The van der Waals surface area contributed by atoms with E-state index in [1.165, 1.54) is 33.0 Å². The van der Waals surface area contributed by atoms with Crippen molar-refractivity contribution in [2.75, 3.05) is 37.6 Å². The zero-order valence-corrected chi connectivity index (χ0v) is 19.1. The Hall–Kier alpha value is -2.08. The van der Waals surface area contributed by atoms with Crippen LogP contribution in [-0.2, 0) is 14.8 Å². The van der Waals surface area contributed by atoms with Gasteiger partial charge in [-0.15, -0.1) is 11.3 Å². The molecule has 4 heterocycles. The van der Waals surface area contributed by atoms with Crippen LogP contribution in [-0.4, -0.2) is 67.3 Å². The molecule has 2 aliphatic rings. The summed E-state index contributed by atoms with van der Waals surface area (Å²) in [7, 11) is -3.65. The number of hydrogen-bond donors (Lipinski definition) is 0. The molecule has 2 saturated heterocycles. The topological polar surface area (TPSA) is 73.8 Å².